The average Bonchev–Trinajstić information content (AvgIpc) is 2.31. The van der Waals surface area contributed by atoms with Gasteiger partial charge in [0.25, 0.3) is 5.91 Å². The highest BCUT2D eigenvalue weighted by atomic mass is 79.9. The third-order valence-electron chi connectivity index (χ3n) is 2.91. The van der Waals surface area contributed by atoms with Crippen LogP contribution >= 0.6 is 27.5 Å². The summed E-state index contributed by atoms with van der Waals surface area (Å²) in [6.45, 7) is 6.15. The fraction of sp³-hybridized carbons (Fsp3) is 0.500. The summed E-state index contributed by atoms with van der Waals surface area (Å²) in [7, 11) is 0. The van der Waals surface area contributed by atoms with E-state index in [9.17, 15) is 4.79 Å². The van der Waals surface area contributed by atoms with Crippen molar-refractivity contribution in [3.8, 4) is 0 Å². The van der Waals surface area contributed by atoms with Crippen LogP contribution in [0.4, 0.5) is 0 Å². The number of rotatable bonds is 5. The standard InChI is InChI=1S/C14H19BrClNO/c1-9(2)13(6-7-16)17-14(18)11-8-10(3)4-5-12(11)15/h4-5,8-9,13H,6-7H2,1-3H3,(H,17,18). The molecule has 0 saturated heterocycles. The predicted molar refractivity (Wildman–Crippen MR) is 80.3 cm³/mol. The zero-order valence-electron chi connectivity index (χ0n) is 11.0. The molecule has 2 nitrogen and oxygen atoms in total. The van der Waals surface area contributed by atoms with Gasteiger partial charge < -0.3 is 5.32 Å². The zero-order chi connectivity index (χ0) is 13.7. The molecule has 0 heterocycles. The highest BCUT2D eigenvalue weighted by molar-refractivity contribution is 9.10. The summed E-state index contributed by atoms with van der Waals surface area (Å²) in [5, 5.41) is 3.05. The second-order valence-electron chi connectivity index (χ2n) is 4.78. The van der Waals surface area contributed by atoms with Gasteiger partial charge >= 0.3 is 0 Å². The summed E-state index contributed by atoms with van der Waals surface area (Å²) < 4.78 is 0.818. The Balaban J connectivity index is 2.83. The molecule has 1 rings (SSSR count). The molecule has 1 unspecified atom stereocenters. The van der Waals surface area contributed by atoms with Gasteiger partial charge in [-0.2, -0.15) is 0 Å². The van der Waals surface area contributed by atoms with Crippen molar-refractivity contribution in [1.82, 2.24) is 5.32 Å². The Morgan fingerprint density at radius 3 is 2.67 bits per heavy atom. The number of alkyl halides is 1. The molecule has 0 aliphatic heterocycles. The second-order valence-corrected chi connectivity index (χ2v) is 6.02. The van der Waals surface area contributed by atoms with Crippen molar-refractivity contribution in [2.75, 3.05) is 5.88 Å². The number of nitrogens with one attached hydrogen (secondary N) is 1. The molecule has 0 radical (unpaired) electrons. The molecule has 1 aromatic rings. The van der Waals surface area contributed by atoms with Gasteiger partial charge in [0.2, 0.25) is 0 Å². The van der Waals surface area contributed by atoms with Gasteiger partial charge in [-0.05, 0) is 47.3 Å². The average molecular weight is 333 g/mol. The van der Waals surface area contributed by atoms with Gasteiger partial charge in [-0.3, -0.25) is 4.79 Å². The number of hydrogen-bond donors (Lipinski definition) is 1. The van der Waals surface area contributed by atoms with Crippen LogP contribution < -0.4 is 5.32 Å². The Kier molecular flexibility index (Phi) is 6.16. The van der Waals surface area contributed by atoms with Crippen molar-refractivity contribution in [2.45, 2.75) is 33.2 Å². The molecule has 0 bridgehead atoms. The number of benzene rings is 1. The Morgan fingerprint density at radius 2 is 2.11 bits per heavy atom. The van der Waals surface area contributed by atoms with Gasteiger partial charge in [-0.15, -0.1) is 11.6 Å². The maximum Gasteiger partial charge on any atom is 0.252 e. The minimum atomic E-state index is -0.0469. The number of halogens is 2. The largest absolute Gasteiger partial charge is 0.349 e. The van der Waals surface area contributed by atoms with Crippen LogP contribution in [0.25, 0.3) is 0 Å². The third kappa shape index (κ3) is 4.29. The minimum absolute atomic E-state index is 0.0469. The van der Waals surface area contributed by atoms with Crippen LogP contribution in [-0.2, 0) is 0 Å². The minimum Gasteiger partial charge on any atom is -0.349 e. The number of carbonyl (C=O) groups is 1. The van der Waals surface area contributed by atoms with Gasteiger partial charge in [0.05, 0.1) is 5.56 Å². The first-order valence-electron chi connectivity index (χ1n) is 6.08. The smallest absolute Gasteiger partial charge is 0.252 e. The summed E-state index contributed by atoms with van der Waals surface area (Å²) in [4.78, 5) is 12.2. The van der Waals surface area contributed by atoms with Gasteiger partial charge in [-0.25, -0.2) is 0 Å². The Bertz CT molecular complexity index is 420. The van der Waals surface area contributed by atoms with Crippen LogP contribution in [0.5, 0.6) is 0 Å². The maximum absolute atomic E-state index is 12.2. The second kappa shape index (κ2) is 7.15. The Labute approximate surface area is 122 Å². The lowest BCUT2D eigenvalue weighted by atomic mass is 10.0. The maximum atomic E-state index is 12.2. The van der Waals surface area contributed by atoms with Gasteiger partial charge in [-0.1, -0.05) is 25.5 Å². The zero-order valence-corrected chi connectivity index (χ0v) is 13.3. The first-order chi connectivity index (χ1) is 8.45. The van der Waals surface area contributed by atoms with E-state index in [1.54, 1.807) is 0 Å². The van der Waals surface area contributed by atoms with Crippen LogP contribution in [0.3, 0.4) is 0 Å². The molecule has 0 fully saturated rings. The Hall–Kier alpha value is -0.540. The van der Waals surface area contributed by atoms with E-state index in [0.717, 1.165) is 16.5 Å². The van der Waals surface area contributed by atoms with E-state index in [1.165, 1.54) is 0 Å². The normalized spacial score (nSPS) is 12.6. The van der Waals surface area contributed by atoms with Crippen LogP contribution in [0, 0.1) is 12.8 Å². The summed E-state index contributed by atoms with van der Waals surface area (Å²) >= 11 is 9.18. The molecular weight excluding hydrogens is 314 g/mol. The van der Waals surface area contributed by atoms with Crippen LogP contribution in [0.2, 0.25) is 0 Å². The van der Waals surface area contributed by atoms with E-state index in [4.69, 9.17) is 11.6 Å². The molecule has 1 amide bonds. The molecule has 18 heavy (non-hydrogen) atoms. The lowest BCUT2D eigenvalue weighted by molar-refractivity contribution is 0.0924. The summed E-state index contributed by atoms with van der Waals surface area (Å²) in [6, 6.07) is 5.87. The first kappa shape index (κ1) is 15.5. The molecule has 4 heteroatoms. The van der Waals surface area contributed by atoms with Gasteiger partial charge in [0.15, 0.2) is 0 Å². The highest BCUT2D eigenvalue weighted by Crippen LogP contribution is 2.19. The van der Waals surface area contributed by atoms with Crippen molar-refractivity contribution < 1.29 is 4.79 Å². The van der Waals surface area contributed by atoms with Crippen LogP contribution in [0.15, 0.2) is 22.7 Å². The fourth-order valence-corrected chi connectivity index (χ4v) is 2.41. The van der Waals surface area contributed by atoms with E-state index in [1.807, 2.05) is 25.1 Å². The van der Waals surface area contributed by atoms with Crippen molar-refractivity contribution in [3.05, 3.63) is 33.8 Å². The van der Waals surface area contributed by atoms with Gasteiger partial charge in [0, 0.05) is 16.4 Å². The highest BCUT2D eigenvalue weighted by Gasteiger charge is 2.18. The first-order valence-corrected chi connectivity index (χ1v) is 7.41. The molecule has 1 N–H and O–H groups in total. The fourth-order valence-electron chi connectivity index (χ4n) is 1.75. The van der Waals surface area contributed by atoms with Crippen LogP contribution in [-0.4, -0.2) is 17.8 Å². The number of aryl methyl sites for hydroxylation is 1. The van der Waals surface area contributed by atoms with E-state index < -0.39 is 0 Å². The third-order valence-corrected chi connectivity index (χ3v) is 3.82. The molecule has 0 spiro atoms. The monoisotopic (exact) mass is 331 g/mol. The van der Waals surface area contributed by atoms with Crippen LogP contribution in [0.1, 0.15) is 36.2 Å². The number of carbonyl (C=O) groups excluding carboxylic acids is 1. The quantitative estimate of drug-likeness (QED) is 0.807. The van der Waals surface area contributed by atoms with E-state index in [0.29, 0.717) is 17.4 Å². The lowest BCUT2D eigenvalue weighted by Gasteiger charge is -2.21. The predicted octanol–water partition coefficient (Wildman–Crippen LogP) is 4.14. The van der Waals surface area contributed by atoms with E-state index in [-0.39, 0.29) is 11.9 Å². The molecule has 0 saturated carbocycles. The summed E-state index contributed by atoms with van der Waals surface area (Å²) in [5.41, 5.74) is 1.75. The lowest BCUT2D eigenvalue weighted by Crippen LogP contribution is -2.39. The van der Waals surface area contributed by atoms with Crippen molar-refractivity contribution >= 4 is 33.4 Å². The number of hydrogen-bond acceptors (Lipinski definition) is 1. The van der Waals surface area contributed by atoms with Gasteiger partial charge in [0.1, 0.15) is 0 Å². The summed E-state index contributed by atoms with van der Waals surface area (Å²) in [5.74, 6) is 0.878. The molecule has 0 aliphatic carbocycles. The van der Waals surface area contributed by atoms with Crippen molar-refractivity contribution in [1.29, 1.82) is 0 Å². The molecule has 0 aliphatic rings. The molecular formula is C14H19BrClNO. The Morgan fingerprint density at radius 1 is 1.44 bits per heavy atom. The van der Waals surface area contributed by atoms with E-state index >= 15 is 0 Å². The van der Waals surface area contributed by atoms with Crippen molar-refractivity contribution in [3.63, 3.8) is 0 Å². The number of amides is 1. The SMILES string of the molecule is Cc1ccc(Br)c(C(=O)NC(CCCl)C(C)C)c1. The molecule has 1 atom stereocenters. The van der Waals surface area contributed by atoms with Crippen molar-refractivity contribution in [2.24, 2.45) is 5.92 Å². The topological polar surface area (TPSA) is 29.1 Å². The molecule has 100 valence electrons. The molecule has 1 aromatic carbocycles. The molecule has 0 aromatic heterocycles. The summed E-state index contributed by atoms with van der Waals surface area (Å²) in [6.07, 6.45) is 0.786. The van der Waals surface area contributed by atoms with E-state index in [2.05, 4.69) is 35.1 Å².